The van der Waals surface area contributed by atoms with Gasteiger partial charge in [-0.05, 0) is 66.8 Å². The summed E-state index contributed by atoms with van der Waals surface area (Å²) in [5.74, 6) is 0.994. The Morgan fingerprint density at radius 2 is 1.54 bits per heavy atom. The molecule has 48 heavy (non-hydrogen) atoms. The molecule has 1 atom stereocenters. The summed E-state index contributed by atoms with van der Waals surface area (Å²) in [7, 11) is 2.17. The number of aromatic nitrogens is 1. The Morgan fingerprint density at radius 3 is 2.35 bits per heavy atom. The van der Waals surface area contributed by atoms with Gasteiger partial charge in [-0.1, -0.05) is 122 Å². The molecule has 0 aliphatic heterocycles. The van der Waals surface area contributed by atoms with E-state index in [1.165, 1.54) is 43.8 Å². The number of benzene rings is 5. The first-order valence-electron chi connectivity index (χ1n) is 17.0. The van der Waals surface area contributed by atoms with Crippen LogP contribution in [0.3, 0.4) is 0 Å². The van der Waals surface area contributed by atoms with Gasteiger partial charge in [0.2, 0.25) is 0 Å². The van der Waals surface area contributed by atoms with E-state index in [0.717, 1.165) is 52.8 Å². The van der Waals surface area contributed by atoms with Crippen molar-refractivity contribution in [2.75, 3.05) is 11.9 Å². The molecule has 1 heterocycles. The number of fused-ring (bicyclic) bond motifs is 5. The third-order valence-corrected chi connectivity index (χ3v) is 10.1. The van der Waals surface area contributed by atoms with Crippen LogP contribution in [0.5, 0.6) is 0 Å². The second-order valence-corrected chi connectivity index (χ2v) is 13.0. The zero-order chi connectivity index (χ0) is 32.8. The highest BCUT2D eigenvalue weighted by atomic mass is 15.1. The second-order valence-electron chi connectivity index (χ2n) is 13.0. The van der Waals surface area contributed by atoms with E-state index in [2.05, 4.69) is 158 Å². The maximum Gasteiger partial charge on any atom is 0.135 e. The van der Waals surface area contributed by atoms with Crippen LogP contribution in [-0.4, -0.2) is 17.3 Å². The first kappa shape index (κ1) is 29.8. The average molecular weight is 625 g/mol. The van der Waals surface area contributed by atoms with Crippen LogP contribution in [0, 0.1) is 12.8 Å². The maximum atomic E-state index is 7.53. The molecule has 0 amide bonds. The highest BCUT2D eigenvalue weighted by Crippen LogP contribution is 2.36. The van der Waals surface area contributed by atoms with Crippen LogP contribution >= 0.6 is 0 Å². The number of allylic oxidation sites excluding steroid dienone is 2. The minimum absolute atomic E-state index is 0.355. The Kier molecular flexibility index (Phi) is 7.57. The van der Waals surface area contributed by atoms with Gasteiger partial charge in [0.15, 0.2) is 0 Å². The van der Waals surface area contributed by atoms with Crippen LogP contribution in [0.25, 0.3) is 44.8 Å². The molecule has 0 saturated carbocycles. The normalized spacial score (nSPS) is 17.1. The number of anilines is 2. The van der Waals surface area contributed by atoms with Gasteiger partial charge >= 0.3 is 0 Å². The van der Waals surface area contributed by atoms with Crippen molar-refractivity contribution in [3.8, 4) is 0 Å². The van der Waals surface area contributed by atoms with E-state index in [4.69, 9.17) is 10.7 Å². The van der Waals surface area contributed by atoms with Gasteiger partial charge in [0.25, 0.3) is 0 Å². The molecule has 0 saturated heterocycles. The van der Waals surface area contributed by atoms with Crippen molar-refractivity contribution in [3.63, 3.8) is 0 Å². The van der Waals surface area contributed by atoms with E-state index in [1.807, 2.05) is 6.07 Å². The van der Waals surface area contributed by atoms with Crippen LogP contribution < -0.4 is 21.2 Å². The van der Waals surface area contributed by atoms with Crippen molar-refractivity contribution < 1.29 is 0 Å². The van der Waals surface area contributed by atoms with Gasteiger partial charge in [-0.15, -0.1) is 0 Å². The Morgan fingerprint density at radius 1 is 0.812 bits per heavy atom. The molecule has 2 aliphatic rings. The molecule has 0 fully saturated rings. The molecule has 1 unspecified atom stereocenters. The molecule has 2 N–H and O–H groups in total. The number of nitrogens with zero attached hydrogens (tertiary/aromatic N) is 3. The summed E-state index contributed by atoms with van der Waals surface area (Å²) >= 11 is 0. The van der Waals surface area contributed by atoms with Crippen LogP contribution in [0.2, 0.25) is 0 Å². The highest BCUT2D eigenvalue weighted by Gasteiger charge is 2.24. The fourth-order valence-electron chi connectivity index (χ4n) is 7.56. The van der Waals surface area contributed by atoms with Gasteiger partial charge in [0, 0.05) is 51.3 Å². The fourth-order valence-corrected chi connectivity index (χ4v) is 7.56. The zero-order valence-electron chi connectivity index (χ0n) is 27.8. The first-order chi connectivity index (χ1) is 23.5. The summed E-state index contributed by atoms with van der Waals surface area (Å²) in [5.41, 5.74) is 17.6. The molecule has 0 radical (unpaired) electrons. The lowest BCUT2D eigenvalue weighted by atomic mass is 9.94. The largest absolute Gasteiger partial charge is 0.383 e. The van der Waals surface area contributed by atoms with E-state index in [1.54, 1.807) is 0 Å². The number of para-hydroxylation sites is 2. The first-order valence-corrected chi connectivity index (χ1v) is 17.0. The zero-order valence-corrected chi connectivity index (χ0v) is 27.8. The van der Waals surface area contributed by atoms with Gasteiger partial charge in [-0.2, -0.15) is 0 Å². The van der Waals surface area contributed by atoms with E-state index >= 15 is 0 Å². The van der Waals surface area contributed by atoms with Crippen molar-refractivity contribution in [2.45, 2.75) is 33.1 Å². The quantitative estimate of drug-likeness (QED) is 0.201. The molecule has 8 rings (SSSR count). The molecule has 5 aromatic carbocycles. The van der Waals surface area contributed by atoms with Gasteiger partial charge in [-0.25, -0.2) is 4.99 Å². The molecule has 0 bridgehead atoms. The third-order valence-electron chi connectivity index (χ3n) is 10.1. The standard InChI is InChI=1S/C44H40N4/c1-29-15-7-12-22-38(29)46-41(32-18-5-4-6-19-32)44(45)48-42-33-20-10-9-17-31(33)25-26-36(42)37-28-27-35(43(37)48)34-21-11-14-24-40(34)47(3)39-23-13-8-16-30(39)2/h4-6,8-14,16-26,28-29H,7,15,27,45H2,1-3H3/b44-41+,46-38?. The minimum atomic E-state index is 0.355. The summed E-state index contributed by atoms with van der Waals surface area (Å²) in [5, 5.41) is 5.94. The van der Waals surface area contributed by atoms with E-state index < -0.39 is 0 Å². The molecule has 4 heteroatoms. The molecule has 4 nitrogen and oxygen atoms in total. The van der Waals surface area contributed by atoms with Crippen LogP contribution in [0.15, 0.2) is 132 Å². The summed E-state index contributed by atoms with van der Waals surface area (Å²) < 4.78 is 2.32. The maximum absolute atomic E-state index is 7.53. The van der Waals surface area contributed by atoms with Gasteiger partial charge in [-0.3, -0.25) is 4.57 Å². The van der Waals surface area contributed by atoms with Gasteiger partial charge < -0.3 is 10.6 Å². The number of nitrogens with two attached hydrogens (primary N) is 1. The Hall–Kier alpha value is -5.61. The summed E-state index contributed by atoms with van der Waals surface area (Å²) in [6.07, 6.45) is 9.77. The van der Waals surface area contributed by atoms with Crippen LogP contribution in [-0.2, 0) is 0 Å². The van der Waals surface area contributed by atoms with E-state index in [9.17, 15) is 0 Å². The number of aryl methyl sites for hydroxylation is 1. The Bertz CT molecular complexity index is 2420. The van der Waals surface area contributed by atoms with Gasteiger partial charge in [0.05, 0.1) is 10.9 Å². The fraction of sp³-hybridized carbons (Fsp3) is 0.159. The summed E-state index contributed by atoms with van der Waals surface area (Å²) in [6.45, 7) is 4.44. The van der Waals surface area contributed by atoms with Crippen molar-refractivity contribution >= 4 is 61.9 Å². The van der Waals surface area contributed by atoms with Crippen LogP contribution in [0.4, 0.5) is 11.4 Å². The molecule has 1 aromatic heterocycles. The number of aliphatic imine (C=N–C) groups is 1. The average Bonchev–Trinajstić information content (AvgIpc) is 3.70. The number of hydrogen-bond donors (Lipinski definition) is 1. The van der Waals surface area contributed by atoms with Crippen molar-refractivity contribution in [2.24, 2.45) is 16.6 Å². The lowest BCUT2D eigenvalue weighted by Gasteiger charge is -2.25. The predicted octanol–water partition coefficient (Wildman–Crippen LogP) is 8.92. The molecule has 2 aliphatic carbocycles. The monoisotopic (exact) mass is 624 g/mol. The van der Waals surface area contributed by atoms with Gasteiger partial charge in [0.1, 0.15) is 11.5 Å². The molecular weight excluding hydrogens is 585 g/mol. The van der Waals surface area contributed by atoms with Crippen molar-refractivity contribution in [1.29, 1.82) is 0 Å². The molecule has 0 spiro atoms. The summed E-state index contributed by atoms with van der Waals surface area (Å²) in [6, 6.07) is 40.9. The topological polar surface area (TPSA) is 46.5 Å². The van der Waals surface area contributed by atoms with E-state index in [0.29, 0.717) is 11.7 Å². The molecular formula is C44H40N4. The Balaban J connectivity index is 1.50. The van der Waals surface area contributed by atoms with Crippen molar-refractivity contribution in [1.82, 2.24) is 4.57 Å². The smallest absolute Gasteiger partial charge is 0.135 e. The summed E-state index contributed by atoms with van der Waals surface area (Å²) in [4.78, 5) is 7.70. The van der Waals surface area contributed by atoms with Crippen LogP contribution in [0.1, 0.15) is 42.9 Å². The Labute approximate surface area is 282 Å². The lowest BCUT2D eigenvalue weighted by molar-refractivity contribution is 0.684. The predicted molar refractivity (Wildman–Crippen MR) is 205 cm³/mol. The van der Waals surface area contributed by atoms with Crippen molar-refractivity contribution in [3.05, 3.63) is 155 Å². The molecule has 6 aromatic rings. The number of rotatable bonds is 6. The highest BCUT2D eigenvalue weighted by molar-refractivity contribution is 6.10. The van der Waals surface area contributed by atoms with E-state index in [-0.39, 0.29) is 0 Å². The molecule has 236 valence electrons. The number of hydrogen-bond acceptors (Lipinski definition) is 3. The lowest BCUT2D eigenvalue weighted by Crippen LogP contribution is -2.31. The minimum Gasteiger partial charge on any atom is -0.383 e. The SMILES string of the molecule is Cc1ccccc1N(C)c1ccccc1C1=c2c(c3ccc4ccccc4c3n2/C(N)=C(/N=C2C=CCCC2C)c2ccccc2)=CC1. The second kappa shape index (κ2) is 12.2. The third kappa shape index (κ3) is 4.96.